The van der Waals surface area contributed by atoms with Crippen LogP contribution in [0.5, 0.6) is 0 Å². The average Bonchev–Trinajstić information content (AvgIpc) is 2.51. The fraction of sp³-hybridized carbons (Fsp3) is 0.667. The lowest BCUT2D eigenvalue weighted by Crippen LogP contribution is -2.33. The van der Waals surface area contributed by atoms with Crippen LogP contribution in [-0.4, -0.2) is 12.6 Å². The third kappa shape index (κ3) is 3.58. The van der Waals surface area contributed by atoms with E-state index in [9.17, 15) is 0 Å². The Hall–Kier alpha value is 0.140. The van der Waals surface area contributed by atoms with E-state index in [0.717, 1.165) is 13.0 Å². The van der Waals surface area contributed by atoms with Gasteiger partial charge in [-0.2, -0.15) is 11.3 Å². The van der Waals surface area contributed by atoms with E-state index in [1.54, 1.807) is 11.3 Å². The number of hydrogen-bond acceptors (Lipinski definition) is 2. The summed E-state index contributed by atoms with van der Waals surface area (Å²) in [6.07, 6.45) is 1.16. The first kappa shape index (κ1) is 13.2. The van der Waals surface area contributed by atoms with Crippen molar-refractivity contribution >= 4 is 27.3 Å². The van der Waals surface area contributed by atoms with E-state index < -0.39 is 0 Å². The van der Waals surface area contributed by atoms with Crippen molar-refractivity contribution in [2.45, 2.75) is 45.6 Å². The SMILES string of the molecule is CCNC(C)CC(C)(C)c1cscc1Br. The number of thiophene rings is 1. The number of nitrogens with one attached hydrogen (secondary N) is 1. The molecule has 0 saturated carbocycles. The Balaban J connectivity index is 2.71. The van der Waals surface area contributed by atoms with Gasteiger partial charge in [-0.25, -0.2) is 0 Å². The Morgan fingerprint density at radius 2 is 2.13 bits per heavy atom. The van der Waals surface area contributed by atoms with Crippen molar-refractivity contribution in [2.24, 2.45) is 0 Å². The summed E-state index contributed by atoms with van der Waals surface area (Å²) in [7, 11) is 0. The predicted molar refractivity (Wildman–Crippen MR) is 72.8 cm³/mol. The first-order valence-corrected chi connectivity index (χ1v) is 7.16. The number of rotatable bonds is 5. The van der Waals surface area contributed by atoms with Crippen LogP contribution in [0.1, 0.15) is 39.7 Å². The van der Waals surface area contributed by atoms with Crippen LogP contribution < -0.4 is 5.32 Å². The Labute approximate surface area is 105 Å². The molecule has 1 nitrogen and oxygen atoms in total. The van der Waals surface area contributed by atoms with Gasteiger partial charge in [-0.05, 0) is 52.2 Å². The van der Waals surface area contributed by atoms with Gasteiger partial charge in [0, 0.05) is 15.9 Å². The number of halogens is 1. The second-order valence-electron chi connectivity index (χ2n) is 4.68. The Kier molecular flexibility index (Phi) is 4.81. The first-order valence-electron chi connectivity index (χ1n) is 5.43. The summed E-state index contributed by atoms with van der Waals surface area (Å²) in [4.78, 5) is 0. The largest absolute Gasteiger partial charge is 0.315 e. The van der Waals surface area contributed by atoms with E-state index in [2.05, 4.69) is 59.7 Å². The summed E-state index contributed by atoms with van der Waals surface area (Å²) in [5.41, 5.74) is 1.66. The lowest BCUT2D eigenvalue weighted by Gasteiger charge is -2.28. The van der Waals surface area contributed by atoms with Gasteiger partial charge in [0.15, 0.2) is 0 Å². The van der Waals surface area contributed by atoms with Gasteiger partial charge in [0.05, 0.1) is 0 Å². The van der Waals surface area contributed by atoms with Crippen molar-refractivity contribution in [1.82, 2.24) is 5.32 Å². The zero-order valence-electron chi connectivity index (χ0n) is 9.93. The summed E-state index contributed by atoms with van der Waals surface area (Å²) in [5.74, 6) is 0. The van der Waals surface area contributed by atoms with E-state index in [4.69, 9.17) is 0 Å². The van der Waals surface area contributed by atoms with Gasteiger partial charge in [0.2, 0.25) is 0 Å². The molecule has 3 heteroatoms. The van der Waals surface area contributed by atoms with Crippen LogP contribution in [0.3, 0.4) is 0 Å². The number of hydrogen-bond donors (Lipinski definition) is 1. The smallest absolute Gasteiger partial charge is 0.0319 e. The zero-order chi connectivity index (χ0) is 11.5. The molecule has 0 spiro atoms. The van der Waals surface area contributed by atoms with Gasteiger partial charge in [0.1, 0.15) is 0 Å². The lowest BCUT2D eigenvalue weighted by atomic mass is 9.81. The first-order chi connectivity index (χ1) is 6.97. The van der Waals surface area contributed by atoms with Crippen LogP contribution in [0, 0.1) is 0 Å². The van der Waals surface area contributed by atoms with Crippen LogP contribution in [0.15, 0.2) is 15.2 Å². The molecule has 1 aromatic heterocycles. The highest BCUT2D eigenvalue weighted by molar-refractivity contribution is 9.10. The summed E-state index contributed by atoms with van der Waals surface area (Å²) < 4.78 is 1.25. The molecule has 0 aromatic carbocycles. The molecule has 0 saturated heterocycles. The summed E-state index contributed by atoms with van der Waals surface area (Å²) in [6.45, 7) is 10.1. The van der Waals surface area contributed by atoms with Gasteiger partial charge in [-0.15, -0.1) is 0 Å². The molecule has 1 atom stereocenters. The molecule has 15 heavy (non-hydrogen) atoms. The molecule has 0 amide bonds. The van der Waals surface area contributed by atoms with Gasteiger partial charge in [-0.1, -0.05) is 20.8 Å². The third-order valence-corrected chi connectivity index (χ3v) is 4.42. The zero-order valence-corrected chi connectivity index (χ0v) is 12.3. The second kappa shape index (κ2) is 5.46. The maximum absolute atomic E-state index is 3.62. The highest BCUT2D eigenvalue weighted by Gasteiger charge is 2.25. The molecule has 1 unspecified atom stereocenters. The standard InChI is InChI=1S/C12H20BrNS/c1-5-14-9(2)6-12(3,4)10-7-15-8-11(10)13/h7-9,14H,5-6H2,1-4H3. The van der Waals surface area contributed by atoms with Crippen LogP contribution in [-0.2, 0) is 5.41 Å². The Morgan fingerprint density at radius 3 is 2.60 bits per heavy atom. The quantitative estimate of drug-likeness (QED) is 0.858. The van der Waals surface area contributed by atoms with E-state index in [0.29, 0.717) is 6.04 Å². The molecule has 0 aliphatic heterocycles. The average molecular weight is 290 g/mol. The third-order valence-electron chi connectivity index (χ3n) is 2.71. The molecular formula is C12H20BrNS. The Bertz CT molecular complexity index is 306. The minimum absolute atomic E-state index is 0.237. The van der Waals surface area contributed by atoms with Gasteiger partial charge in [0.25, 0.3) is 0 Å². The summed E-state index contributed by atoms with van der Waals surface area (Å²) in [6, 6.07) is 0.566. The van der Waals surface area contributed by atoms with Crippen molar-refractivity contribution in [1.29, 1.82) is 0 Å². The van der Waals surface area contributed by atoms with Crippen molar-refractivity contribution in [3.63, 3.8) is 0 Å². The molecule has 1 rings (SSSR count). The summed E-state index contributed by atoms with van der Waals surface area (Å²) >= 11 is 5.39. The highest BCUT2D eigenvalue weighted by atomic mass is 79.9. The molecular weight excluding hydrogens is 270 g/mol. The predicted octanol–water partition coefficient (Wildman–Crippen LogP) is 4.18. The molecule has 0 fully saturated rings. The minimum Gasteiger partial charge on any atom is -0.315 e. The normalized spacial score (nSPS) is 14.2. The van der Waals surface area contributed by atoms with E-state index in [1.165, 1.54) is 10.0 Å². The van der Waals surface area contributed by atoms with Crippen LogP contribution in [0.25, 0.3) is 0 Å². The van der Waals surface area contributed by atoms with Crippen LogP contribution >= 0.6 is 27.3 Å². The molecule has 0 aliphatic rings. The maximum atomic E-state index is 3.62. The van der Waals surface area contributed by atoms with Crippen LogP contribution in [0.4, 0.5) is 0 Å². The maximum Gasteiger partial charge on any atom is 0.0319 e. The van der Waals surface area contributed by atoms with Gasteiger partial charge in [-0.3, -0.25) is 0 Å². The monoisotopic (exact) mass is 289 g/mol. The highest BCUT2D eigenvalue weighted by Crippen LogP contribution is 2.36. The van der Waals surface area contributed by atoms with Crippen molar-refractivity contribution in [2.75, 3.05) is 6.54 Å². The molecule has 86 valence electrons. The second-order valence-corrected chi connectivity index (χ2v) is 6.28. The Morgan fingerprint density at radius 1 is 1.47 bits per heavy atom. The van der Waals surface area contributed by atoms with E-state index in [1.807, 2.05) is 0 Å². The lowest BCUT2D eigenvalue weighted by molar-refractivity contribution is 0.394. The minimum atomic E-state index is 0.237. The molecule has 0 aliphatic carbocycles. The van der Waals surface area contributed by atoms with Crippen molar-refractivity contribution in [3.8, 4) is 0 Å². The van der Waals surface area contributed by atoms with Crippen molar-refractivity contribution in [3.05, 3.63) is 20.8 Å². The van der Waals surface area contributed by atoms with E-state index in [-0.39, 0.29) is 5.41 Å². The molecule has 1 aromatic rings. The van der Waals surface area contributed by atoms with Gasteiger partial charge < -0.3 is 5.32 Å². The van der Waals surface area contributed by atoms with Gasteiger partial charge >= 0.3 is 0 Å². The molecule has 1 N–H and O–H groups in total. The van der Waals surface area contributed by atoms with E-state index >= 15 is 0 Å². The van der Waals surface area contributed by atoms with Crippen molar-refractivity contribution < 1.29 is 0 Å². The fourth-order valence-corrected chi connectivity index (χ4v) is 4.08. The molecule has 0 bridgehead atoms. The summed E-state index contributed by atoms with van der Waals surface area (Å²) in [5, 5.41) is 7.89. The molecule has 0 radical (unpaired) electrons. The topological polar surface area (TPSA) is 12.0 Å². The fourth-order valence-electron chi connectivity index (χ4n) is 2.06. The van der Waals surface area contributed by atoms with Crippen LogP contribution in [0.2, 0.25) is 0 Å². The molecule has 1 heterocycles.